The first-order valence-electron chi connectivity index (χ1n) is 5.69. The molecule has 0 radical (unpaired) electrons. The van der Waals surface area contributed by atoms with Crippen LogP contribution in [-0.2, 0) is 5.54 Å². The molecule has 1 aliphatic heterocycles. The molecule has 1 heterocycles. The lowest BCUT2D eigenvalue weighted by Crippen LogP contribution is -2.49. The molecule has 1 saturated heterocycles. The largest absolute Gasteiger partial charge is 0.317 e. The predicted octanol–water partition coefficient (Wildman–Crippen LogP) is 2.67. The minimum atomic E-state index is 0. The van der Waals surface area contributed by atoms with Crippen molar-refractivity contribution in [3.8, 4) is 0 Å². The minimum Gasteiger partial charge on any atom is -0.317 e. The zero-order chi connectivity index (χ0) is 10.7. The van der Waals surface area contributed by atoms with Gasteiger partial charge < -0.3 is 5.32 Å². The van der Waals surface area contributed by atoms with Crippen molar-refractivity contribution < 1.29 is 0 Å². The molecule has 1 aromatic carbocycles. The topological polar surface area (TPSA) is 15.3 Å². The lowest BCUT2D eigenvalue weighted by atomic mass is 9.80. The number of nitrogens with zero attached hydrogens (tertiary/aromatic N) is 1. The van der Waals surface area contributed by atoms with Gasteiger partial charge in [0.25, 0.3) is 0 Å². The van der Waals surface area contributed by atoms with E-state index in [2.05, 4.69) is 54.6 Å². The van der Waals surface area contributed by atoms with Gasteiger partial charge in [-0.25, -0.2) is 0 Å². The molecule has 2 nitrogen and oxygen atoms in total. The second-order valence-corrected chi connectivity index (χ2v) is 4.54. The van der Waals surface area contributed by atoms with Crippen LogP contribution in [0, 0.1) is 0 Å². The fraction of sp³-hybridized carbons (Fsp3) is 0.538. The number of hydrogen-bond acceptors (Lipinski definition) is 2. The number of rotatable bonds is 2. The molecule has 98 valence electrons. The first-order chi connectivity index (χ1) is 7.26. The first-order valence-corrected chi connectivity index (χ1v) is 5.69. The smallest absolute Gasteiger partial charge is 0.0478 e. The Morgan fingerprint density at radius 1 is 1.00 bits per heavy atom. The third-order valence-electron chi connectivity index (χ3n) is 3.60. The Morgan fingerprint density at radius 3 is 2.00 bits per heavy atom. The number of piperidine rings is 1. The molecule has 17 heavy (non-hydrogen) atoms. The van der Waals surface area contributed by atoms with E-state index in [1.54, 1.807) is 0 Å². The summed E-state index contributed by atoms with van der Waals surface area (Å²) in [4.78, 5) is 2.38. The summed E-state index contributed by atoms with van der Waals surface area (Å²) in [6, 6.07) is 10.9. The lowest BCUT2D eigenvalue weighted by molar-refractivity contribution is 0.107. The highest BCUT2D eigenvalue weighted by Crippen LogP contribution is 2.34. The van der Waals surface area contributed by atoms with Crippen LogP contribution in [0.5, 0.6) is 0 Å². The Morgan fingerprint density at radius 2 is 1.53 bits per heavy atom. The van der Waals surface area contributed by atoms with Gasteiger partial charge >= 0.3 is 0 Å². The van der Waals surface area contributed by atoms with Gasteiger partial charge in [-0.1, -0.05) is 30.3 Å². The molecule has 0 aliphatic carbocycles. The van der Waals surface area contributed by atoms with Gasteiger partial charge in [-0.3, -0.25) is 4.90 Å². The molecule has 0 spiro atoms. The third-order valence-corrected chi connectivity index (χ3v) is 3.60. The highest BCUT2D eigenvalue weighted by atomic mass is 35.5. The molecule has 1 aromatic rings. The van der Waals surface area contributed by atoms with Gasteiger partial charge in [-0.2, -0.15) is 0 Å². The predicted molar refractivity (Wildman–Crippen MR) is 78.4 cm³/mol. The van der Waals surface area contributed by atoms with Crippen molar-refractivity contribution in [1.82, 2.24) is 10.2 Å². The Hall–Kier alpha value is -0.280. The molecule has 1 fully saturated rings. The van der Waals surface area contributed by atoms with Gasteiger partial charge in [-0.05, 0) is 45.6 Å². The van der Waals surface area contributed by atoms with E-state index in [1.807, 2.05) is 0 Å². The van der Waals surface area contributed by atoms with E-state index in [-0.39, 0.29) is 30.4 Å². The van der Waals surface area contributed by atoms with Crippen LogP contribution in [0.1, 0.15) is 18.4 Å². The maximum absolute atomic E-state index is 3.44. The second-order valence-electron chi connectivity index (χ2n) is 4.54. The molecular formula is C13H22Cl2N2. The quantitative estimate of drug-likeness (QED) is 0.894. The maximum Gasteiger partial charge on any atom is 0.0478 e. The Labute approximate surface area is 117 Å². The summed E-state index contributed by atoms with van der Waals surface area (Å²) < 4.78 is 0. The van der Waals surface area contributed by atoms with Gasteiger partial charge in [0.1, 0.15) is 0 Å². The SMILES string of the molecule is CN(C)C1(c2ccccc2)CCNCC1.Cl.Cl. The van der Waals surface area contributed by atoms with Crippen molar-refractivity contribution in [3.63, 3.8) is 0 Å². The molecule has 1 N–H and O–H groups in total. The molecular weight excluding hydrogens is 255 g/mol. The lowest BCUT2D eigenvalue weighted by Gasteiger charge is -2.43. The van der Waals surface area contributed by atoms with Gasteiger partial charge in [-0.15, -0.1) is 24.8 Å². The average Bonchev–Trinajstić information content (AvgIpc) is 2.31. The number of benzene rings is 1. The van der Waals surface area contributed by atoms with Crippen LogP contribution in [0.3, 0.4) is 0 Å². The van der Waals surface area contributed by atoms with Crippen LogP contribution in [0.4, 0.5) is 0 Å². The standard InChI is InChI=1S/C13H20N2.2ClH/c1-15(2)13(8-10-14-11-9-13)12-6-4-3-5-7-12;;/h3-7,14H,8-11H2,1-2H3;2*1H. The third kappa shape index (κ3) is 3.35. The van der Waals surface area contributed by atoms with Crippen LogP contribution in [0.25, 0.3) is 0 Å². The summed E-state index contributed by atoms with van der Waals surface area (Å²) in [7, 11) is 4.39. The van der Waals surface area contributed by atoms with Gasteiger partial charge in [0, 0.05) is 5.54 Å². The van der Waals surface area contributed by atoms with Crippen LogP contribution in [-0.4, -0.2) is 32.1 Å². The molecule has 0 bridgehead atoms. The summed E-state index contributed by atoms with van der Waals surface area (Å²) in [5, 5.41) is 3.44. The van der Waals surface area contributed by atoms with Crippen molar-refractivity contribution in [2.24, 2.45) is 0 Å². The van der Waals surface area contributed by atoms with E-state index >= 15 is 0 Å². The summed E-state index contributed by atoms with van der Waals surface area (Å²) in [6.07, 6.45) is 2.40. The van der Waals surface area contributed by atoms with Crippen molar-refractivity contribution in [1.29, 1.82) is 0 Å². The van der Waals surface area contributed by atoms with Crippen LogP contribution in [0.2, 0.25) is 0 Å². The van der Waals surface area contributed by atoms with Gasteiger partial charge in [0.2, 0.25) is 0 Å². The summed E-state index contributed by atoms with van der Waals surface area (Å²) >= 11 is 0. The fourth-order valence-electron chi connectivity index (χ4n) is 2.58. The molecule has 0 unspecified atom stereocenters. The zero-order valence-corrected chi connectivity index (χ0v) is 12.1. The van der Waals surface area contributed by atoms with Crippen molar-refractivity contribution >= 4 is 24.8 Å². The number of nitrogens with one attached hydrogen (secondary N) is 1. The minimum absolute atomic E-state index is 0. The van der Waals surface area contributed by atoms with E-state index in [4.69, 9.17) is 0 Å². The highest BCUT2D eigenvalue weighted by Gasteiger charge is 2.35. The van der Waals surface area contributed by atoms with E-state index in [0.717, 1.165) is 13.1 Å². The van der Waals surface area contributed by atoms with Crippen molar-refractivity contribution in [2.45, 2.75) is 18.4 Å². The van der Waals surface area contributed by atoms with Gasteiger partial charge in [0.15, 0.2) is 0 Å². The van der Waals surface area contributed by atoms with Crippen molar-refractivity contribution in [3.05, 3.63) is 35.9 Å². The van der Waals surface area contributed by atoms with Crippen molar-refractivity contribution in [2.75, 3.05) is 27.2 Å². The molecule has 4 heteroatoms. The fourth-order valence-corrected chi connectivity index (χ4v) is 2.58. The Kier molecular flexibility index (Phi) is 7.10. The summed E-state index contributed by atoms with van der Waals surface area (Å²) in [6.45, 7) is 2.24. The van der Waals surface area contributed by atoms with Crippen LogP contribution in [0.15, 0.2) is 30.3 Å². The van der Waals surface area contributed by atoms with E-state index in [1.165, 1.54) is 18.4 Å². The normalized spacial score (nSPS) is 18.1. The first kappa shape index (κ1) is 16.7. The van der Waals surface area contributed by atoms with Gasteiger partial charge in [0.05, 0.1) is 0 Å². The molecule has 0 amide bonds. The van der Waals surface area contributed by atoms with Crippen LogP contribution >= 0.6 is 24.8 Å². The molecule has 0 aromatic heterocycles. The number of halogens is 2. The van der Waals surface area contributed by atoms with E-state index < -0.39 is 0 Å². The molecule has 2 rings (SSSR count). The molecule has 0 atom stereocenters. The monoisotopic (exact) mass is 276 g/mol. The Bertz CT molecular complexity index is 308. The average molecular weight is 277 g/mol. The van der Waals surface area contributed by atoms with E-state index in [9.17, 15) is 0 Å². The molecule has 0 saturated carbocycles. The maximum atomic E-state index is 3.44. The summed E-state index contributed by atoms with van der Waals surface area (Å²) in [5.41, 5.74) is 1.70. The second kappa shape index (κ2) is 7.22. The van der Waals surface area contributed by atoms with Crippen LogP contribution < -0.4 is 5.32 Å². The Balaban J connectivity index is 0.00000128. The zero-order valence-electron chi connectivity index (χ0n) is 10.5. The highest BCUT2D eigenvalue weighted by molar-refractivity contribution is 5.85. The number of hydrogen-bond donors (Lipinski definition) is 1. The molecule has 1 aliphatic rings. The van der Waals surface area contributed by atoms with E-state index in [0.29, 0.717) is 0 Å². The summed E-state index contributed by atoms with van der Waals surface area (Å²) in [5.74, 6) is 0.